The van der Waals surface area contributed by atoms with Crippen LogP contribution in [0.1, 0.15) is 0 Å². The molecule has 23 heavy (non-hydrogen) atoms. The summed E-state index contributed by atoms with van der Waals surface area (Å²) in [7, 11) is 0. The standard InChI is InChI=1S/C19H12ClN3/c20-19-18-15(11-12-21-19)22-16(13-7-3-1-4-8-13)17(23-18)14-9-5-2-6-10-14/h1-12H. The van der Waals surface area contributed by atoms with Crippen LogP contribution in [0.15, 0.2) is 72.9 Å². The predicted octanol–water partition coefficient (Wildman–Crippen LogP) is 5.01. The average Bonchev–Trinajstić information content (AvgIpc) is 2.63. The predicted molar refractivity (Wildman–Crippen MR) is 93.2 cm³/mol. The fourth-order valence-corrected chi connectivity index (χ4v) is 2.74. The van der Waals surface area contributed by atoms with E-state index in [9.17, 15) is 0 Å². The van der Waals surface area contributed by atoms with Crippen LogP contribution in [-0.4, -0.2) is 15.0 Å². The van der Waals surface area contributed by atoms with Crippen LogP contribution in [0.25, 0.3) is 33.5 Å². The minimum atomic E-state index is 0.367. The Morgan fingerprint density at radius 1 is 0.652 bits per heavy atom. The third kappa shape index (κ3) is 2.56. The molecule has 2 aromatic carbocycles. The van der Waals surface area contributed by atoms with Gasteiger partial charge in [-0.1, -0.05) is 72.3 Å². The van der Waals surface area contributed by atoms with Crippen molar-refractivity contribution in [1.82, 2.24) is 15.0 Å². The number of halogens is 1. The van der Waals surface area contributed by atoms with E-state index < -0.39 is 0 Å². The topological polar surface area (TPSA) is 38.7 Å². The van der Waals surface area contributed by atoms with Gasteiger partial charge in [-0.3, -0.25) is 0 Å². The highest BCUT2D eigenvalue weighted by molar-refractivity contribution is 6.33. The van der Waals surface area contributed by atoms with E-state index >= 15 is 0 Å². The molecule has 0 radical (unpaired) electrons. The molecule has 0 spiro atoms. The third-order valence-electron chi connectivity index (χ3n) is 3.63. The lowest BCUT2D eigenvalue weighted by molar-refractivity contribution is 1.25. The first kappa shape index (κ1) is 13.9. The molecule has 4 aromatic rings. The summed E-state index contributed by atoms with van der Waals surface area (Å²) in [4.78, 5) is 13.7. The number of hydrogen-bond donors (Lipinski definition) is 0. The smallest absolute Gasteiger partial charge is 0.156 e. The molecular formula is C19H12ClN3. The molecule has 0 saturated heterocycles. The molecule has 2 aromatic heterocycles. The van der Waals surface area contributed by atoms with Crippen LogP contribution in [0.2, 0.25) is 5.15 Å². The zero-order valence-electron chi connectivity index (χ0n) is 12.1. The van der Waals surface area contributed by atoms with Gasteiger partial charge in [0, 0.05) is 17.3 Å². The minimum Gasteiger partial charge on any atom is -0.244 e. The van der Waals surface area contributed by atoms with Gasteiger partial charge >= 0.3 is 0 Å². The SMILES string of the molecule is Clc1nccc2nc(-c3ccccc3)c(-c3ccccc3)nc12. The highest BCUT2D eigenvalue weighted by Gasteiger charge is 2.14. The van der Waals surface area contributed by atoms with Crippen LogP contribution in [0, 0.1) is 0 Å². The van der Waals surface area contributed by atoms with Crippen molar-refractivity contribution >= 4 is 22.6 Å². The van der Waals surface area contributed by atoms with Crippen LogP contribution in [0.5, 0.6) is 0 Å². The molecule has 0 aliphatic carbocycles. The first-order chi connectivity index (χ1) is 11.3. The maximum atomic E-state index is 6.20. The van der Waals surface area contributed by atoms with E-state index in [4.69, 9.17) is 21.6 Å². The van der Waals surface area contributed by atoms with Gasteiger partial charge in [-0.05, 0) is 6.07 Å². The molecule has 0 N–H and O–H groups in total. The van der Waals surface area contributed by atoms with Crippen LogP contribution in [0.4, 0.5) is 0 Å². The van der Waals surface area contributed by atoms with Gasteiger partial charge in [-0.2, -0.15) is 0 Å². The summed E-state index contributed by atoms with van der Waals surface area (Å²) in [6.45, 7) is 0. The largest absolute Gasteiger partial charge is 0.244 e. The molecule has 3 nitrogen and oxygen atoms in total. The Hall–Kier alpha value is -2.78. The molecule has 0 unspecified atom stereocenters. The van der Waals surface area contributed by atoms with Crippen molar-refractivity contribution in [1.29, 1.82) is 0 Å². The van der Waals surface area contributed by atoms with Crippen molar-refractivity contribution in [2.24, 2.45) is 0 Å². The fourth-order valence-electron chi connectivity index (χ4n) is 2.55. The number of benzene rings is 2. The van der Waals surface area contributed by atoms with E-state index in [-0.39, 0.29) is 0 Å². The maximum absolute atomic E-state index is 6.20. The van der Waals surface area contributed by atoms with Crippen LogP contribution in [-0.2, 0) is 0 Å². The van der Waals surface area contributed by atoms with Crippen molar-refractivity contribution in [3.05, 3.63) is 78.1 Å². The molecule has 0 amide bonds. The van der Waals surface area contributed by atoms with Crippen molar-refractivity contribution in [2.75, 3.05) is 0 Å². The van der Waals surface area contributed by atoms with E-state index in [0.29, 0.717) is 10.7 Å². The van der Waals surface area contributed by atoms with Crippen LogP contribution >= 0.6 is 11.6 Å². The summed E-state index contributed by atoms with van der Waals surface area (Å²) in [5, 5.41) is 0.367. The van der Waals surface area contributed by atoms with Gasteiger partial charge in [-0.25, -0.2) is 15.0 Å². The molecule has 0 fully saturated rings. The lowest BCUT2D eigenvalue weighted by Crippen LogP contribution is -1.96. The number of aromatic nitrogens is 3. The van der Waals surface area contributed by atoms with E-state index in [2.05, 4.69) is 4.98 Å². The summed E-state index contributed by atoms with van der Waals surface area (Å²) in [5.74, 6) is 0. The van der Waals surface area contributed by atoms with Crippen molar-refractivity contribution in [3.8, 4) is 22.5 Å². The number of pyridine rings is 1. The molecule has 0 saturated carbocycles. The van der Waals surface area contributed by atoms with E-state index in [1.54, 1.807) is 6.20 Å². The van der Waals surface area contributed by atoms with E-state index in [1.165, 1.54) is 0 Å². The number of hydrogen-bond acceptors (Lipinski definition) is 3. The highest BCUT2D eigenvalue weighted by atomic mass is 35.5. The molecule has 0 atom stereocenters. The number of nitrogens with zero attached hydrogens (tertiary/aromatic N) is 3. The minimum absolute atomic E-state index is 0.367. The van der Waals surface area contributed by atoms with Gasteiger partial charge in [0.2, 0.25) is 0 Å². The molecule has 2 heterocycles. The van der Waals surface area contributed by atoms with Crippen molar-refractivity contribution in [3.63, 3.8) is 0 Å². The zero-order chi connectivity index (χ0) is 15.6. The number of fused-ring (bicyclic) bond motifs is 1. The van der Waals surface area contributed by atoms with Gasteiger partial charge in [0.05, 0.1) is 16.9 Å². The maximum Gasteiger partial charge on any atom is 0.156 e. The molecule has 0 bridgehead atoms. The number of rotatable bonds is 2. The second-order valence-corrected chi connectivity index (χ2v) is 5.48. The quantitative estimate of drug-likeness (QED) is 0.488. The Bertz CT molecular complexity index is 970. The second-order valence-electron chi connectivity index (χ2n) is 5.12. The average molecular weight is 318 g/mol. The van der Waals surface area contributed by atoms with Gasteiger partial charge in [0.15, 0.2) is 5.15 Å². The Labute approximate surface area is 138 Å². The molecule has 4 rings (SSSR count). The Morgan fingerprint density at radius 3 is 1.83 bits per heavy atom. The Kier molecular flexibility index (Phi) is 3.48. The van der Waals surface area contributed by atoms with Crippen molar-refractivity contribution in [2.45, 2.75) is 0 Å². The lowest BCUT2D eigenvalue weighted by Gasteiger charge is -2.10. The monoisotopic (exact) mass is 317 g/mol. The van der Waals surface area contributed by atoms with Crippen LogP contribution < -0.4 is 0 Å². The van der Waals surface area contributed by atoms with Gasteiger partial charge < -0.3 is 0 Å². The van der Waals surface area contributed by atoms with Crippen LogP contribution in [0.3, 0.4) is 0 Å². The highest BCUT2D eigenvalue weighted by Crippen LogP contribution is 2.31. The van der Waals surface area contributed by atoms with Gasteiger partial charge in [-0.15, -0.1) is 0 Å². The molecule has 0 aliphatic rings. The lowest BCUT2D eigenvalue weighted by atomic mass is 10.0. The van der Waals surface area contributed by atoms with Gasteiger partial charge in [0.1, 0.15) is 5.52 Å². The molecule has 110 valence electrons. The Morgan fingerprint density at radius 2 is 1.22 bits per heavy atom. The Balaban J connectivity index is 2.07. The normalized spacial score (nSPS) is 10.8. The first-order valence-corrected chi connectivity index (χ1v) is 7.64. The summed E-state index contributed by atoms with van der Waals surface area (Å²) in [6.07, 6.45) is 1.65. The fraction of sp³-hybridized carbons (Fsp3) is 0. The summed E-state index contributed by atoms with van der Waals surface area (Å²) >= 11 is 6.20. The van der Waals surface area contributed by atoms with E-state index in [1.807, 2.05) is 66.7 Å². The second kappa shape index (κ2) is 5.78. The third-order valence-corrected chi connectivity index (χ3v) is 3.91. The first-order valence-electron chi connectivity index (χ1n) is 7.26. The van der Waals surface area contributed by atoms with Gasteiger partial charge in [0.25, 0.3) is 0 Å². The molecular weight excluding hydrogens is 306 g/mol. The molecule has 4 heteroatoms. The van der Waals surface area contributed by atoms with Crippen molar-refractivity contribution < 1.29 is 0 Å². The summed E-state index contributed by atoms with van der Waals surface area (Å²) in [5.41, 5.74) is 5.02. The zero-order valence-corrected chi connectivity index (χ0v) is 12.9. The summed E-state index contributed by atoms with van der Waals surface area (Å²) < 4.78 is 0. The van der Waals surface area contributed by atoms with E-state index in [0.717, 1.165) is 28.0 Å². The summed E-state index contributed by atoms with van der Waals surface area (Å²) in [6, 6.07) is 21.9. The molecule has 0 aliphatic heterocycles.